The Labute approximate surface area is 79.5 Å². The topological polar surface area (TPSA) is 17.1 Å². The number of benzene rings is 1. The first-order chi connectivity index (χ1) is 6.54. The van der Waals surface area contributed by atoms with Crippen LogP contribution in [0.1, 0.15) is 17.5 Å². The van der Waals surface area contributed by atoms with Gasteiger partial charge in [-0.3, -0.25) is 0 Å². The molecule has 0 heterocycles. The quantitative estimate of drug-likeness (QED) is 0.689. The maximum absolute atomic E-state index is 12.2. The van der Waals surface area contributed by atoms with Gasteiger partial charge in [0.25, 0.3) is 0 Å². The number of halogens is 3. The van der Waals surface area contributed by atoms with Crippen molar-refractivity contribution in [2.75, 3.05) is 0 Å². The summed E-state index contributed by atoms with van der Waals surface area (Å²) in [6.07, 6.45) is -3.01. The van der Waals surface area contributed by atoms with E-state index in [4.69, 9.17) is 0 Å². The van der Waals surface area contributed by atoms with E-state index in [-0.39, 0.29) is 6.42 Å². The molecule has 0 unspecified atom stereocenters. The third kappa shape index (κ3) is 2.87. The van der Waals surface area contributed by atoms with Crippen molar-refractivity contribution in [2.45, 2.75) is 19.0 Å². The molecule has 0 saturated heterocycles. The zero-order valence-corrected chi connectivity index (χ0v) is 7.34. The van der Waals surface area contributed by atoms with Crippen LogP contribution in [0.15, 0.2) is 24.3 Å². The Morgan fingerprint density at radius 3 is 2.57 bits per heavy atom. The Hall–Kier alpha value is -1.32. The first-order valence-electron chi connectivity index (χ1n) is 4.14. The molecular weight excluding hydrogens is 193 g/mol. The van der Waals surface area contributed by atoms with Gasteiger partial charge in [-0.1, -0.05) is 18.2 Å². The van der Waals surface area contributed by atoms with Gasteiger partial charge >= 0.3 is 6.18 Å². The third-order valence-corrected chi connectivity index (χ3v) is 1.81. The summed E-state index contributed by atoms with van der Waals surface area (Å²) in [7, 11) is 0. The highest BCUT2D eigenvalue weighted by Gasteiger charge is 2.30. The molecule has 76 valence electrons. The molecule has 1 nitrogen and oxygen atoms in total. The summed E-state index contributed by atoms with van der Waals surface area (Å²) in [5.74, 6) is 0. The molecule has 0 atom stereocenters. The van der Waals surface area contributed by atoms with Crippen molar-refractivity contribution in [3.63, 3.8) is 0 Å². The number of carbonyl (C=O) groups excluding carboxylic acids is 1. The Bertz CT molecular complexity index is 317. The predicted molar refractivity (Wildman–Crippen MR) is 45.8 cm³/mol. The molecule has 0 aliphatic heterocycles. The Kier molecular flexibility index (Phi) is 3.28. The van der Waals surface area contributed by atoms with Crippen molar-refractivity contribution in [1.29, 1.82) is 0 Å². The third-order valence-electron chi connectivity index (χ3n) is 1.81. The molecule has 0 N–H and O–H groups in total. The molecule has 0 radical (unpaired) electrons. The maximum atomic E-state index is 12.2. The van der Waals surface area contributed by atoms with Crippen molar-refractivity contribution < 1.29 is 18.0 Å². The second-order valence-corrected chi connectivity index (χ2v) is 2.90. The number of hydrogen-bond acceptors (Lipinski definition) is 1. The van der Waals surface area contributed by atoms with Crippen molar-refractivity contribution in [1.82, 2.24) is 0 Å². The number of alkyl halides is 3. The molecule has 0 saturated carbocycles. The molecule has 0 spiro atoms. The van der Waals surface area contributed by atoms with Crippen LogP contribution in [-0.4, -0.2) is 6.29 Å². The summed E-state index contributed by atoms with van der Waals surface area (Å²) in [4.78, 5) is 10.0. The lowest BCUT2D eigenvalue weighted by molar-refractivity contribution is -0.137. The van der Waals surface area contributed by atoms with Gasteiger partial charge in [0.05, 0.1) is 5.56 Å². The first kappa shape index (κ1) is 10.8. The number of carbonyl (C=O) groups is 1. The fourth-order valence-corrected chi connectivity index (χ4v) is 1.13. The van der Waals surface area contributed by atoms with E-state index in [0.29, 0.717) is 18.3 Å². The van der Waals surface area contributed by atoms with Gasteiger partial charge in [0, 0.05) is 6.42 Å². The van der Waals surface area contributed by atoms with E-state index in [0.717, 1.165) is 12.1 Å². The Morgan fingerprint density at radius 1 is 1.29 bits per heavy atom. The summed E-state index contributed by atoms with van der Waals surface area (Å²) in [6.45, 7) is 0. The average molecular weight is 202 g/mol. The molecule has 0 bridgehead atoms. The van der Waals surface area contributed by atoms with Gasteiger partial charge in [0.1, 0.15) is 6.29 Å². The summed E-state index contributed by atoms with van der Waals surface area (Å²) in [5, 5.41) is 0. The van der Waals surface area contributed by atoms with Crippen LogP contribution in [0.3, 0.4) is 0 Å². The van der Waals surface area contributed by atoms with Gasteiger partial charge in [0.2, 0.25) is 0 Å². The highest BCUT2D eigenvalue weighted by atomic mass is 19.4. The van der Waals surface area contributed by atoms with Crippen LogP contribution in [0.4, 0.5) is 13.2 Å². The van der Waals surface area contributed by atoms with Crippen LogP contribution in [0.5, 0.6) is 0 Å². The highest BCUT2D eigenvalue weighted by molar-refractivity contribution is 5.50. The molecule has 1 rings (SSSR count). The van der Waals surface area contributed by atoms with Gasteiger partial charge in [-0.2, -0.15) is 13.2 Å². The summed E-state index contributed by atoms with van der Waals surface area (Å²) in [6, 6.07) is 5.02. The minimum atomic E-state index is -4.31. The predicted octanol–water partition coefficient (Wildman–Crippen LogP) is 2.84. The minimum Gasteiger partial charge on any atom is -0.303 e. The van der Waals surface area contributed by atoms with Crippen molar-refractivity contribution >= 4 is 6.29 Å². The summed E-state index contributed by atoms with van der Waals surface area (Å²) in [5.41, 5.74) is -0.132. The molecule has 0 aromatic heterocycles. The first-order valence-corrected chi connectivity index (χ1v) is 4.14. The van der Waals surface area contributed by atoms with Crippen LogP contribution in [0, 0.1) is 0 Å². The largest absolute Gasteiger partial charge is 0.416 e. The molecule has 1 aromatic carbocycles. The monoisotopic (exact) mass is 202 g/mol. The average Bonchev–Trinajstić information content (AvgIpc) is 2.14. The number of aryl methyl sites for hydroxylation is 1. The second kappa shape index (κ2) is 4.26. The van der Waals surface area contributed by atoms with E-state index >= 15 is 0 Å². The van der Waals surface area contributed by atoms with Crippen molar-refractivity contribution in [3.8, 4) is 0 Å². The van der Waals surface area contributed by atoms with Gasteiger partial charge in [-0.25, -0.2) is 0 Å². The van der Waals surface area contributed by atoms with Gasteiger partial charge in [-0.15, -0.1) is 0 Å². The maximum Gasteiger partial charge on any atom is 0.416 e. The molecule has 0 amide bonds. The van der Waals surface area contributed by atoms with Crippen LogP contribution in [0.25, 0.3) is 0 Å². The number of hydrogen-bond donors (Lipinski definition) is 0. The van der Waals surface area contributed by atoms with Crippen LogP contribution < -0.4 is 0 Å². The fraction of sp³-hybridized carbons (Fsp3) is 0.300. The molecule has 0 fully saturated rings. The lowest BCUT2D eigenvalue weighted by Crippen LogP contribution is -2.05. The van der Waals surface area contributed by atoms with E-state index in [2.05, 4.69) is 0 Å². The van der Waals surface area contributed by atoms with E-state index in [9.17, 15) is 18.0 Å². The normalized spacial score (nSPS) is 11.4. The second-order valence-electron chi connectivity index (χ2n) is 2.90. The van der Waals surface area contributed by atoms with E-state index in [1.807, 2.05) is 0 Å². The molecule has 1 aromatic rings. The van der Waals surface area contributed by atoms with E-state index in [1.165, 1.54) is 6.07 Å². The van der Waals surface area contributed by atoms with E-state index in [1.54, 1.807) is 6.07 Å². The smallest absolute Gasteiger partial charge is 0.303 e. The zero-order valence-electron chi connectivity index (χ0n) is 7.34. The summed E-state index contributed by atoms with van der Waals surface area (Å²) < 4.78 is 36.7. The lowest BCUT2D eigenvalue weighted by Gasteiger charge is -2.07. The standard InChI is InChI=1S/C10H9F3O/c11-10(12,13)9-5-1-3-8(7-9)4-2-6-14/h1,3,5-7H,2,4H2. The zero-order chi connectivity index (χ0) is 10.6. The van der Waals surface area contributed by atoms with Crippen LogP contribution in [-0.2, 0) is 17.4 Å². The highest BCUT2D eigenvalue weighted by Crippen LogP contribution is 2.29. The van der Waals surface area contributed by atoms with Gasteiger partial charge in [0.15, 0.2) is 0 Å². The number of aldehydes is 1. The van der Waals surface area contributed by atoms with Crippen molar-refractivity contribution in [2.24, 2.45) is 0 Å². The van der Waals surface area contributed by atoms with Crippen LogP contribution >= 0.6 is 0 Å². The molecule has 0 aliphatic carbocycles. The molecule has 14 heavy (non-hydrogen) atoms. The molecule has 0 aliphatic rings. The van der Waals surface area contributed by atoms with Gasteiger partial charge < -0.3 is 4.79 Å². The van der Waals surface area contributed by atoms with Gasteiger partial charge in [-0.05, 0) is 18.1 Å². The lowest BCUT2D eigenvalue weighted by atomic mass is 10.1. The van der Waals surface area contributed by atoms with Crippen LogP contribution in [0.2, 0.25) is 0 Å². The Balaban J connectivity index is 2.84. The molecular formula is C10H9F3O. The van der Waals surface area contributed by atoms with Crippen molar-refractivity contribution in [3.05, 3.63) is 35.4 Å². The fourth-order valence-electron chi connectivity index (χ4n) is 1.13. The SMILES string of the molecule is O=CCCc1cccc(C(F)(F)F)c1. The summed E-state index contributed by atoms with van der Waals surface area (Å²) >= 11 is 0. The Morgan fingerprint density at radius 2 is 2.00 bits per heavy atom. The number of rotatable bonds is 3. The molecule has 4 heteroatoms. The van der Waals surface area contributed by atoms with E-state index < -0.39 is 11.7 Å². The minimum absolute atomic E-state index is 0.251.